The number of thioether (sulfide) groups is 1. The van der Waals surface area contributed by atoms with Crippen LogP contribution < -0.4 is 5.73 Å². The molecule has 1 aromatic rings. The fourth-order valence-corrected chi connectivity index (χ4v) is 2.31. The van der Waals surface area contributed by atoms with Gasteiger partial charge in [-0.1, -0.05) is 6.07 Å². The highest BCUT2D eigenvalue weighted by Gasteiger charge is 2.10. The highest BCUT2D eigenvalue weighted by Crippen LogP contribution is 2.27. The van der Waals surface area contributed by atoms with E-state index >= 15 is 0 Å². The van der Waals surface area contributed by atoms with Crippen molar-refractivity contribution < 1.29 is 9.90 Å². The maximum atomic E-state index is 10.9. The number of aromatic carboxylic acids is 1. The summed E-state index contributed by atoms with van der Waals surface area (Å²) in [6, 6.07) is 5.09. The van der Waals surface area contributed by atoms with Crippen LogP contribution >= 0.6 is 11.8 Å². The molecule has 0 amide bonds. The Morgan fingerprint density at radius 3 is 2.75 bits per heavy atom. The number of hydrogen-bond donors (Lipinski definition) is 2. The molecule has 0 bridgehead atoms. The van der Waals surface area contributed by atoms with Gasteiger partial charge in [0.25, 0.3) is 0 Å². The Bertz CT molecular complexity index is 380. The third kappa shape index (κ3) is 3.43. The van der Waals surface area contributed by atoms with Gasteiger partial charge in [0, 0.05) is 17.2 Å². The Morgan fingerprint density at radius 2 is 2.19 bits per heavy atom. The van der Waals surface area contributed by atoms with Gasteiger partial charge in [-0.3, -0.25) is 0 Å². The second kappa shape index (κ2) is 5.77. The van der Waals surface area contributed by atoms with Gasteiger partial charge in [-0.15, -0.1) is 11.8 Å². The van der Waals surface area contributed by atoms with Crippen LogP contribution in [0.4, 0.5) is 5.69 Å². The van der Waals surface area contributed by atoms with Crippen LogP contribution in [-0.2, 0) is 0 Å². The van der Waals surface area contributed by atoms with Gasteiger partial charge < -0.3 is 15.7 Å². The predicted molar refractivity (Wildman–Crippen MR) is 67.1 cm³/mol. The minimum absolute atomic E-state index is 0.176. The molecule has 0 atom stereocenters. The zero-order valence-corrected chi connectivity index (χ0v) is 10.3. The molecule has 0 aliphatic carbocycles. The summed E-state index contributed by atoms with van der Waals surface area (Å²) in [5, 5.41) is 8.91. The SMILES string of the molecule is CN(C)CCSc1cccc(C(=O)O)c1N. The molecule has 0 spiro atoms. The van der Waals surface area contributed by atoms with Gasteiger partial charge in [-0.05, 0) is 26.2 Å². The Morgan fingerprint density at radius 1 is 1.50 bits per heavy atom. The number of anilines is 1. The Hall–Kier alpha value is -1.20. The topological polar surface area (TPSA) is 66.6 Å². The summed E-state index contributed by atoms with van der Waals surface area (Å²) >= 11 is 1.58. The van der Waals surface area contributed by atoms with Crippen molar-refractivity contribution in [2.45, 2.75) is 4.90 Å². The Labute approximate surface area is 99.4 Å². The second-order valence-corrected chi connectivity index (χ2v) is 4.81. The fraction of sp³-hybridized carbons (Fsp3) is 0.364. The molecule has 0 heterocycles. The molecule has 1 rings (SSSR count). The van der Waals surface area contributed by atoms with Crippen LogP contribution in [-0.4, -0.2) is 42.4 Å². The van der Waals surface area contributed by atoms with Crippen LogP contribution in [0.1, 0.15) is 10.4 Å². The summed E-state index contributed by atoms with van der Waals surface area (Å²) in [7, 11) is 4.00. The van der Waals surface area contributed by atoms with Crippen molar-refractivity contribution in [2.24, 2.45) is 0 Å². The van der Waals surface area contributed by atoms with E-state index < -0.39 is 5.97 Å². The number of rotatable bonds is 5. The number of nitrogens with zero attached hydrogens (tertiary/aromatic N) is 1. The van der Waals surface area contributed by atoms with E-state index in [4.69, 9.17) is 10.8 Å². The maximum absolute atomic E-state index is 10.9. The van der Waals surface area contributed by atoms with Gasteiger partial charge in [-0.2, -0.15) is 0 Å². The zero-order valence-electron chi connectivity index (χ0n) is 9.43. The van der Waals surface area contributed by atoms with Crippen molar-refractivity contribution in [3.05, 3.63) is 23.8 Å². The highest BCUT2D eigenvalue weighted by molar-refractivity contribution is 7.99. The summed E-state index contributed by atoms with van der Waals surface area (Å²) in [5.41, 5.74) is 6.32. The van der Waals surface area contributed by atoms with Crippen LogP contribution in [0.5, 0.6) is 0 Å². The largest absolute Gasteiger partial charge is 0.478 e. The van der Waals surface area contributed by atoms with E-state index in [0.29, 0.717) is 5.69 Å². The summed E-state index contributed by atoms with van der Waals surface area (Å²) in [4.78, 5) is 13.8. The van der Waals surface area contributed by atoms with Crippen LogP contribution in [0.3, 0.4) is 0 Å². The summed E-state index contributed by atoms with van der Waals surface area (Å²) < 4.78 is 0. The lowest BCUT2D eigenvalue weighted by atomic mass is 10.2. The van der Waals surface area contributed by atoms with Crippen molar-refractivity contribution in [1.82, 2.24) is 4.90 Å². The van der Waals surface area contributed by atoms with Crippen molar-refractivity contribution in [1.29, 1.82) is 0 Å². The quantitative estimate of drug-likeness (QED) is 0.604. The van der Waals surface area contributed by atoms with Gasteiger partial charge in [0.2, 0.25) is 0 Å². The van der Waals surface area contributed by atoms with E-state index in [1.807, 2.05) is 20.2 Å². The molecule has 4 nitrogen and oxygen atoms in total. The lowest BCUT2D eigenvalue weighted by molar-refractivity contribution is 0.0698. The number of nitrogen functional groups attached to an aromatic ring is 1. The van der Waals surface area contributed by atoms with E-state index in [9.17, 15) is 4.79 Å². The summed E-state index contributed by atoms with van der Waals surface area (Å²) in [5.74, 6) is -0.0900. The van der Waals surface area contributed by atoms with Gasteiger partial charge in [0.15, 0.2) is 0 Å². The van der Waals surface area contributed by atoms with E-state index in [0.717, 1.165) is 17.2 Å². The molecule has 88 valence electrons. The van der Waals surface area contributed by atoms with Gasteiger partial charge >= 0.3 is 5.97 Å². The average Bonchev–Trinajstić information content (AvgIpc) is 2.19. The molecule has 0 aliphatic rings. The minimum atomic E-state index is -0.979. The van der Waals surface area contributed by atoms with Crippen LogP contribution in [0.15, 0.2) is 23.1 Å². The van der Waals surface area contributed by atoms with E-state index in [2.05, 4.69) is 4.90 Å². The fourth-order valence-electron chi connectivity index (χ4n) is 1.19. The molecule has 0 unspecified atom stereocenters. The number of para-hydroxylation sites is 1. The summed E-state index contributed by atoms with van der Waals surface area (Å²) in [6.45, 7) is 0.932. The number of nitrogens with two attached hydrogens (primary N) is 1. The van der Waals surface area contributed by atoms with Crippen molar-refractivity contribution in [3.8, 4) is 0 Å². The van der Waals surface area contributed by atoms with Gasteiger partial charge in [0.05, 0.1) is 11.3 Å². The molecule has 1 aromatic carbocycles. The minimum Gasteiger partial charge on any atom is -0.478 e. The number of benzene rings is 1. The molecule has 0 saturated carbocycles. The number of carbonyl (C=O) groups is 1. The van der Waals surface area contributed by atoms with Gasteiger partial charge in [-0.25, -0.2) is 4.79 Å². The van der Waals surface area contributed by atoms with Crippen LogP contribution in [0, 0.1) is 0 Å². The molecule has 0 aromatic heterocycles. The Balaban J connectivity index is 2.73. The first-order valence-electron chi connectivity index (χ1n) is 4.91. The van der Waals surface area contributed by atoms with E-state index in [-0.39, 0.29) is 5.56 Å². The predicted octanol–water partition coefficient (Wildman–Crippen LogP) is 1.62. The molecular formula is C11H16N2O2S. The lowest BCUT2D eigenvalue weighted by Crippen LogP contribution is -2.15. The maximum Gasteiger partial charge on any atom is 0.337 e. The number of carboxylic acid groups (broad SMARTS) is 1. The lowest BCUT2D eigenvalue weighted by Gasteiger charge is -2.11. The first kappa shape index (κ1) is 12.9. The first-order chi connectivity index (χ1) is 7.52. The molecule has 3 N–H and O–H groups in total. The zero-order chi connectivity index (χ0) is 12.1. The van der Waals surface area contributed by atoms with Gasteiger partial charge in [0.1, 0.15) is 0 Å². The third-order valence-corrected chi connectivity index (χ3v) is 3.15. The monoisotopic (exact) mass is 240 g/mol. The van der Waals surface area contributed by atoms with Crippen LogP contribution in [0.25, 0.3) is 0 Å². The molecule has 16 heavy (non-hydrogen) atoms. The molecular weight excluding hydrogens is 224 g/mol. The second-order valence-electron chi connectivity index (χ2n) is 3.67. The molecule has 5 heteroatoms. The van der Waals surface area contributed by atoms with Crippen LogP contribution in [0.2, 0.25) is 0 Å². The van der Waals surface area contributed by atoms with Crippen molar-refractivity contribution in [2.75, 3.05) is 32.1 Å². The first-order valence-corrected chi connectivity index (χ1v) is 5.90. The van der Waals surface area contributed by atoms with Crippen molar-refractivity contribution in [3.63, 3.8) is 0 Å². The normalized spacial score (nSPS) is 10.7. The molecule has 0 radical (unpaired) electrons. The molecule has 0 fully saturated rings. The molecule has 0 saturated heterocycles. The smallest absolute Gasteiger partial charge is 0.337 e. The number of hydrogen-bond acceptors (Lipinski definition) is 4. The van der Waals surface area contributed by atoms with E-state index in [1.165, 1.54) is 6.07 Å². The third-order valence-electron chi connectivity index (χ3n) is 2.09. The van der Waals surface area contributed by atoms with E-state index in [1.54, 1.807) is 17.8 Å². The average molecular weight is 240 g/mol. The molecule has 0 aliphatic heterocycles. The number of carboxylic acids is 1. The Kier molecular flexibility index (Phi) is 4.64. The summed E-state index contributed by atoms with van der Waals surface area (Å²) in [6.07, 6.45) is 0. The highest BCUT2D eigenvalue weighted by atomic mass is 32.2. The standard InChI is InChI=1S/C11H16N2O2S/c1-13(2)6-7-16-9-5-3-4-8(10(9)12)11(14)15/h3-5H,6-7,12H2,1-2H3,(H,14,15). The van der Waals surface area contributed by atoms with Crippen molar-refractivity contribution >= 4 is 23.4 Å².